The SMILES string of the molecule is CC(C)c1cccc(NC(CCNC(=O)CN2CCCCC2)c2ccccc2)c1. The minimum Gasteiger partial charge on any atom is -0.378 e. The molecule has 1 atom stereocenters. The largest absolute Gasteiger partial charge is 0.378 e. The van der Waals surface area contributed by atoms with Crippen LogP contribution in [0.5, 0.6) is 0 Å². The molecule has 4 heteroatoms. The molecule has 1 heterocycles. The molecule has 4 nitrogen and oxygen atoms in total. The normalized spacial score (nSPS) is 15.8. The summed E-state index contributed by atoms with van der Waals surface area (Å²) in [5, 5.41) is 6.81. The van der Waals surface area contributed by atoms with Crippen molar-refractivity contribution in [3.63, 3.8) is 0 Å². The van der Waals surface area contributed by atoms with E-state index in [1.165, 1.54) is 30.4 Å². The van der Waals surface area contributed by atoms with Gasteiger partial charge in [0.05, 0.1) is 12.6 Å². The number of amides is 1. The van der Waals surface area contributed by atoms with Crippen LogP contribution in [0.25, 0.3) is 0 Å². The predicted octanol–water partition coefficient (Wildman–Crippen LogP) is 4.96. The van der Waals surface area contributed by atoms with Crippen LogP contribution in [0.2, 0.25) is 0 Å². The fourth-order valence-corrected chi connectivity index (χ4v) is 3.93. The second kappa shape index (κ2) is 11.0. The molecule has 0 spiro atoms. The van der Waals surface area contributed by atoms with E-state index in [-0.39, 0.29) is 11.9 Å². The van der Waals surface area contributed by atoms with Crippen LogP contribution in [0.3, 0.4) is 0 Å². The third-order valence-corrected chi connectivity index (χ3v) is 5.67. The molecule has 2 N–H and O–H groups in total. The molecule has 1 aliphatic heterocycles. The van der Waals surface area contributed by atoms with Crippen molar-refractivity contribution in [3.05, 3.63) is 65.7 Å². The lowest BCUT2D eigenvalue weighted by Gasteiger charge is -2.26. The zero-order valence-corrected chi connectivity index (χ0v) is 17.9. The molecule has 1 unspecified atom stereocenters. The zero-order chi connectivity index (χ0) is 20.5. The highest BCUT2D eigenvalue weighted by molar-refractivity contribution is 5.78. The average molecular weight is 394 g/mol. The number of carbonyl (C=O) groups excluding carboxylic acids is 1. The first-order valence-electron chi connectivity index (χ1n) is 11.0. The van der Waals surface area contributed by atoms with Gasteiger partial charge in [-0.1, -0.05) is 62.7 Å². The molecule has 0 saturated carbocycles. The van der Waals surface area contributed by atoms with E-state index in [1.54, 1.807) is 0 Å². The standard InChI is InChI=1S/C25H35N3O/c1-20(2)22-12-9-13-23(18-22)27-24(21-10-5-3-6-11-21)14-15-26-25(29)19-28-16-7-4-8-17-28/h3,5-6,9-13,18,20,24,27H,4,7-8,14-17,19H2,1-2H3,(H,26,29). The van der Waals surface area contributed by atoms with E-state index in [9.17, 15) is 4.79 Å². The van der Waals surface area contributed by atoms with Crippen molar-refractivity contribution in [1.29, 1.82) is 0 Å². The van der Waals surface area contributed by atoms with Crippen molar-refractivity contribution >= 4 is 11.6 Å². The van der Waals surface area contributed by atoms with Gasteiger partial charge in [-0.25, -0.2) is 0 Å². The van der Waals surface area contributed by atoms with Gasteiger partial charge in [-0.2, -0.15) is 0 Å². The number of piperidine rings is 1. The van der Waals surface area contributed by atoms with Gasteiger partial charge < -0.3 is 10.6 Å². The minimum absolute atomic E-state index is 0.139. The fraction of sp³-hybridized carbons (Fsp3) is 0.480. The molecule has 0 bridgehead atoms. The highest BCUT2D eigenvalue weighted by atomic mass is 16.2. The van der Waals surface area contributed by atoms with Gasteiger partial charge in [-0.05, 0) is 61.5 Å². The molecule has 0 aromatic heterocycles. The number of nitrogens with one attached hydrogen (secondary N) is 2. The summed E-state index contributed by atoms with van der Waals surface area (Å²) in [6, 6.07) is 19.3. The van der Waals surface area contributed by atoms with Crippen molar-refractivity contribution in [2.24, 2.45) is 0 Å². The molecule has 1 amide bonds. The van der Waals surface area contributed by atoms with Gasteiger partial charge in [-0.3, -0.25) is 9.69 Å². The summed E-state index contributed by atoms with van der Waals surface area (Å²) in [5.74, 6) is 0.640. The summed E-state index contributed by atoms with van der Waals surface area (Å²) < 4.78 is 0. The van der Waals surface area contributed by atoms with Crippen LogP contribution in [-0.2, 0) is 4.79 Å². The smallest absolute Gasteiger partial charge is 0.234 e. The van der Waals surface area contributed by atoms with Gasteiger partial charge in [0.15, 0.2) is 0 Å². The first kappa shape index (κ1) is 21.4. The molecule has 2 aromatic carbocycles. The van der Waals surface area contributed by atoms with Crippen LogP contribution >= 0.6 is 0 Å². The number of likely N-dealkylation sites (tertiary alicyclic amines) is 1. The van der Waals surface area contributed by atoms with Crippen molar-refractivity contribution in [3.8, 4) is 0 Å². The number of hydrogen-bond donors (Lipinski definition) is 2. The first-order chi connectivity index (χ1) is 14.1. The molecule has 0 radical (unpaired) electrons. The fourth-order valence-electron chi connectivity index (χ4n) is 3.93. The average Bonchev–Trinajstić information content (AvgIpc) is 2.74. The molecule has 1 fully saturated rings. The van der Waals surface area contributed by atoms with E-state index in [0.29, 0.717) is 19.0 Å². The number of nitrogens with zero attached hydrogens (tertiary/aromatic N) is 1. The number of hydrogen-bond acceptors (Lipinski definition) is 3. The summed E-state index contributed by atoms with van der Waals surface area (Å²) in [6.45, 7) is 7.72. The summed E-state index contributed by atoms with van der Waals surface area (Å²) in [4.78, 5) is 14.6. The van der Waals surface area contributed by atoms with Gasteiger partial charge in [0.25, 0.3) is 0 Å². The van der Waals surface area contributed by atoms with Gasteiger partial charge in [0, 0.05) is 12.2 Å². The lowest BCUT2D eigenvalue weighted by Crippen LogP contribution is -2.40. The van der Waals surface area contributed by atoms with E-state index >= 15 is 0 Å². The highest BCUT2D eigenvalue weighted by Crippen LogP contribution is 2.25. The van der Waals surface area contributed by atoms with Crippen LogP contribution in [0.4, 0.5) is 5.69 Å². The van der Waals surface area contributed by atoms with Crippen LogP contribution < -0.4 is 10.6 Å². The maximum atomic E-state index is 12.3. The van der Waals surface area contributed by atoms with Gasteiger partial charge >= 0.3 is 0 Å². The molecule has 29 heavy (non-hydrogen) atoms. The summed E-state index contributed by atoms with van der Waals surface area (Å²) in [7, 11) is 0. The van der Waals surface area contributed by atoms with Crippen molar-refractivity contribution < 1.29 is 4.79 Å². The van der Waals surface area contributed by atoms with Crippen molar-refractivity contribution in [2.75, 3.05) is 31.5 Å². The number of benzene rings is 2. The molecule has 1 saturated heterocycles. The molecular weight excluding hydrogens is 358 g/mol. The summed E-state index contributed by atoms with van der Waals surface area (Å²) >= 11 is 0. The van der Waals surface area contributed by atoms with Gasteiger partial charge in [0.2, 0.25) is 5.91 Å². The van der Waals surface area contributed by atoms with Crippen LogP contribution in [0.15, 0.2) is 54.6 Å². The topological polar surface area (TPSA) is 44.4 Å². The van der Waals surface area contributed by atoms with Crippen LogP contribution in [0.1, 0.15) is 62.6 Å². The maximum absolute atomic E-state index is 12.3. The Morgan fingerprint density at radius 2 is 1.69 bits per heavy atom. The monoisotopic (exact) mass is 393 g/mol. The third-order valence-electron chi connectivity index (χ3n) is 5.67. The van der Waals surface area contributed by atoms with Crippen LogP contribution in [-0.4, -0.2) is 37.0 Å². The lowest BCUT2D eigenvalue weighted by atomic mass is 10.0. The Morgan fingerprint density at radius 3 is 2.41 bits per heavy atom. The molecule has 156 valence electrons. The number of carbonyl (C=O) groups is 1. The van der Waals surface area contributed by atoms with Gasteiger partial charge in [0.1, 0.15) is 0 Å². The number of rotatable bonds is 9. The molecule has 2 aromatic rings. The Kier molecular flexibility index (Phi) is 8.12. The van der Waals surface area contributed by atoms with Crippen molar-refractivity contribution in [1.82, 2.24) is 10.2 Å². The molecule has 3 rings (SSSR count). The van der Waals surface area contributed by atoms with E-state index < -0.39 is 0 Å². The molecule has 0 aliphatic carbocycles. The zero-order valence-electron chi connectivity index (χ0n) is 17.9. The van der Waals surface area contributed by atoms with E-state index in [0.717, 1.165) is 25.2 Å². The second-order valence-electron chi connectivity index (χ2n) is 8.36. The highest BCUT2D eigenvalue weighted by Gasteiger charge is 2.15. The quantitative estimate of drug-likeness (QED) is 0.633. The lowest BCUT2D eigenvalue weighted by molar-refractivity contribution is -0.122. The van der Waals surface area contributed by atoms with Crippen molar-refractivity contribution in [2.45, 2.75) is 51.5 Å². The van der Waals surface area contributed by atoms with E-state index in [1.807, 2.05) is 6.07 Å². The Morgan fingerprint density at radius 1 is 0.966 bits per heavy atom. The summed E-state index contributed by atoms with van der Waals surface area (Å²) in [5.41, 5.74) is 3.70. The van der Waals surface area contributed by atoms with E-state index in [2.05, 4.69) is 77.9 Å². The predicted molar refractivity (Wildman–Crippen MR) is 121 cm³/mol. The Balaban J connectivity index is 1.57. The minimum atomic E-state index is 0.139. The Labute approximate surface area is 175 Å². The Hall–Kier alpha value is -2.33. The number of anilines is 1. The molecule has 1 aliphatic rings. The third kappa shape index (κ3) is 6.90. The molecular formula is C25H35N3O. The maximum Gasteiger partial charge on any atom is 0.234 e. The van der Waals surface area contributed by atoms with E-state index in [4.69, 9.17) is 0 Å². The second-order valence-corrected chi connectivity index (χ2v) is 8.36. The summed E-state index contributed by atoms with van der Waals surface area (Å²) in [6.07, 6.45) is 4.56. The Bertz CT molecular complexity index is 754. The first-order valence-corrected chi connectivity index (χ1v) is 11.0. The van der Waals surface area contributed by atoms with Gasteiger partial charge in [-0.15, -0.1) is 0 Å². The van der Waals surface area contributed by atoms with Crippen LogP contribution in [0, 0.1) is 0 Å².